The van der Waals surface area contributed by atoms with Crippen molar-refractivity contribution in [2.45, 2.75) is 38.6 Å². The largest absolute Gasteiger partial charge is 0.381 e. The van der Waals surface area contributed by atoms with E-state index in [1.165, 1.54) is 25.3 Å². The Bertz CT molecular complexity index is 451. The van der Waals surface area contributed by atoms with Crippen LogP contribution >= 0.6 is 11.6 Å². The van der Waals surface area contributed by atoms with E-state index in [1.807, 2.05) is 0 Å². The van der Waals surface area contributed by atoms with Gasteiger partial charge in [0.15, 0.2) is 0 Å². The molecule has 18 heavy (non-hydrogen) atoms. The first kappa shape index (κ1) is 13.1. The van der Waals surface area contributed by atoms with Gasteiger partial charge in [-0.05, 0) is 24.8 Å². The number of hydrogen-bond donors (Lipinski definition) is 1. The van der Waals surface area contributed by atoms with Gasteiger partial charge in [-0.2, -0.15) is 0 Å². The van der Waals surface area contributed by atoms with Crippen LogP contribution in [0.2, 0.25) is 5.02 Å². The topological polar surface area (TPSA) is 55.2 Å². The quantitative estimate of drug-likeness (QED) is 0.659. The molecule has 1 aliphatic rings. The Kier molecular flexibility index (Phi) is 4.07. The second-order valence-corrected chi connectivity index (χ2v) is 5.29. The van der Waals surface area contributed by atoms with Crippen LogP contribution in [0.25, 0.3) is 0 Å². The normalized spacial score (nSPS) is 23.7. The molecule has 0 heterocycles. The molecule has 0 aromatic heterocycles. The average Bonchev–Trinajstić information content (AvgIpc) is 2.34. The van der Waals surface area contributed by atoms with Gasteiger partial charge in [-0.1, -0.05) is 37.4 Å². The van der Waals surface area contributed by atoms with Crippen LogP contribution in [0.4, 0.5) is 11.4 Å². The minimum Gasteiger partial charge on any atom is -0.381 e. The van der Waals surface area contributed by atoms with E-state index >= 15 is 0 Å². The Labute approximate surface area is 111 Å². The summed E-state index contributed by atoms with van der Waals surface area (Å²) in [5.41, 5.74) is 0.634. The summed E-state index contributed by atoms with van der Waals surface area (Å²) in [5.74, 6) is 0.578. The predicted octanol–water partition coefficient (Wildman–Crippen LogP) is 4.24. The van der Waals surface area contributed by atoms with Crippen molar-refractivity contribution in [2.75, 3.05) is 5.32 Å². The van der Waals surface area contributed by atoms with Crippen molar-refractivity contribution < 1.29 is 4.92 Å². The molecule has 4 nitrogen and oxygen atoms in total. The van der Waals surface area contributed by atoms with Crippen molar-refractivity contribution in [1.29, 1.82) is 0 Å². The van der Waals surface area contributed by atoms with Gasteiger partial charge in [-0.3, -0.25) is 10.1 Å². The summed E-state index contributed by atoms with van der Waals surface area (Å²) >= 11 is 6.07. The molecule has 0 amide bonds. The zero-order valence-electron chi connectivity index (χ0n) is 10.4. The van der Waals surface area contributed by atoms with Gasteiger partial charge in [0, 0.05) is 12.1 Å². The third-order valence-electron chi connectivity index (χ3n) is 3.63. The fourth-order valence-corrected chi connectivity index (χ4v) is 2.75. The van der Waals surface area contributed by atoms with Crippen LogP contribution in [0.3, 0.4) is 0 Å². The van der Waals surface area contributed by atoms with Crippen molar-refractivity contribution in [1.82, 2.24) is 0 Å². The first-order valence-electron chi connectivity index (χ1n) is 6.29. The lowest BCUT2D eigenvalue weighted by molar-refractivity contribution is -0.384. The number of nitrogens with one attached hydrogen (secondary N) is 1. The number of nitro groups is 1. The maximum absolute atomic E-state index is 10.8. The minimum atomic E-state index is -0.447. The highest BCUT2D eigenvalue weighted by Gasteiger charge is 2.23. The van der Waals surface area contributed by atoms with E-state index in [4.69, 9.17) is 11.6 Å². The highest BCUT2D eigenvalue weighted by Crippen LogP contribution is 2.34. The molecule has 2 atom stereocenters. The molecule has 0 bridgehead atoms. The van der Waals surface area contributed by atoms with E-state index in [0.29, 0.717) is 17.6 Å². The van der Waals surface area contributed by atoms with Gasteiger partial charge in [-0.15, -0.1) is 0 Å². The van der Waals surface area contributed by atoms with Crippen molar-refractivity contribution in [3.8, 4) is 0 Å². The maximum Gasteiger partial charge on any atom is 0.289 e. The summed E-state index contributed by atoms with van der Waals surface area (Å²) in [6.07, 6.45) is 4.76. The zero-order chi connectivity index (χ0) is 13.1. The monoisotopic (exact) mass is 268 g/mol. The Morgan fingerprint density at radius 1 is 1.39 bits per heavy atom. The summed E-state index contributed by atoms with van der Waals surface area (Å²) in [4.78, 5) is 10.4. The Balaban J connectivity index is 2.18. The Hall–Kier alpha value is -1.29. The third kappa shape index (κ3) is 2.75. The first-order chi connectivity index (χ1) is 8.59. The molecule has 1 aliphatic carbocycles. The van der Waals surface area contributed by atoms with Crippen LogP contribution in [0, 0.1) is 16.0 Å². The first-order valence-corrected chi connectivity index (χ1v) is 6.67. The predicted molar refractivity (Wildman–Crippen MR) is 73.1 cm³/mol. The van der Waals surface area contributed by atoms with Gasteiger partial charge < -0.3 is 5.32 Å². The Morgan fingerprint density at radius 3 is 2.78 bits per heavy atom. The van der Waals surface area contributed by atoms with E-state index in [0.717, 1.165) is 6.42 Å². The smallest absolute Gasteiger partial charge is 0.289 e. The highest BCUT2D eigenvalue weighted by atomic mass is 35.5. The molecular formula is C13H17ClN2O2. The van der Waals surface area contributed by atoms with Crippen LogP contribution in [-0.2, 0) is 0 Å². The van der Waals surface area contributed by atoms with Crippen molar-refractivity contribution >= 4 is 23.0 Å². The maximum atomic E-state index is 10.8. The standard InChI is InChI=1S/C13H17ClN2O2/c1-9-5-2-3-6-10(9)15-11-7-4-8-12(13(11)14)16(17)18/h4,7-10,15H,2-3,5-6H2,1H3. The van der Waals surface area contributed by atoms with Crippen molar-refractivity contribution in [2.24, 2.45) is 5.92 Å². The molecule has 1 aromatic carbocycles. The molecule has 2 unspecified atom stereocenters. The molecule has 5 heteroatoms. The summed E-state index contributed by atoms with van der Waals surface area (Å²) in [6.45, 7) is 2.21. The van der Waals surface area contributed by atoms with E-state index in [2.05, 4.69) is 12.2 Å². The van der Waals surface area contributed by atoms with Crippen LogP contribution in [0.5, 0.6) is 0 Å². The van der Waals surface area contributed by atoms with Gasteiger partial charge >= 0.3 is 0 Å². The number of halogens is 1. The lowest BCUT2D eigenvalue weighted by Gasteiger charge is -2.30. The molecule has 1 N–H and O–H groups in total. The number of nitrogens with zero attached hydrogens (tertiary/aromatic N) is 1. The van der Waals surface area contributed by atoms with Crippen LogP contribution in [0.1, 0.15) is 32.6 Å². The van der Waals surface area contributed by atoms with E-state index in [9.17, 15) is 10.1 Å². The minimum absolute atomic E-state index is 0.0369. The zero-order valence-corrected chi connectivity index (χ0v) is 11.1. The molecule has 0 aliphatic heterocycles. The SMILES string of the molecule is CC1CCCCC1Nc1cccc([N+](=O)[O-])c1Cl. The van der Waals surface area contributed by atoms with Gasteiger partial charge in [-0.25, -0.2) is 0 Å². The molecule has 98 valence electrons. The van der Waals surface area contributed by atoms with Crippen LogP contribution < -0.4 is 5.32 Å². The molecule has 1 fully saturated rings. The molecular weight excluding hydrogens is 252 g/mol. The van der Waals surface area contributed by atoms with Crippen molar-refractivity contribution in [3.63, 3.8) is 0 Å². The third-order valence-corrected chi connectivity index (χ3v) is 4.02. The van der Waals surface area contributed by atoms with Gasteiger partial charge in [0.2, 0.25) is 0 Å². The lowest BCUT2D eigenvalue weighted by atomic mass is 9.86. The molecule has 0 spiro atoms. The molecule has 1 aromatic rings. The molecule has 0 radical (unpaired) electrons. The second kappa shape index (κ2) is 5.57. The van der Waals surface area contributed by atoms with Crippen LogP contribution in [-0.4, -0.2) is 11.0 Å². The van der Waals surface area contributed by atoms with Gasteiger partial charge in [0.05, 0.1) is 10.6 Å². The summed E-state index contributed by atoms with van der Waals surface area (Å²) < 4.78 is 0. The summed E-state index contributed by atoms with van der Waals surface area (Å²) in [6, 6.07) is 5.26. The van der Waals surface area contributed by atoms with Crippen LogP contribution in [0.15, 0.2) is 18.2 Å². The van der Waals surface area contributed by atoms with E-state index in [1.54, 1.807) is 12.1 Å². The molecule has 1 saturated carbocycles. The van der Waals surface area contributed by atoms with E-state index in [-0.39, 0.29) is 10.7 Å². The molecule has 2 rings (SSSR count). The number of anilines is 1. The van der Waals surface area contributed by atoms with Crippen molar-refractivity contribution in [3.05, 3.63) is 33.3 Å². The molecule has 0 saturated heterocycles. The van der Waals surface area contributed by atoms with Gasteiger partial charge in [0.1, 0.15) is 5.02 Å². The summed E-state index contributed by atoms with van der Waals surface area (Å²) in [5, 5.41) is 14.4. The fourth-order valence-electron chi connectivity index (χ4n) is 2.50. The van der Waals surface area contributed by atoms with E-state index < -0.39 is 4.92 Å². The number of benzene rings is 1. The number of hydrogen-bond acceptors (Lipinski definition) is 3. The number of nitro benzene ring substituents is 1. The van der Waals surface area contributed by atoms with Gasteiger partial charge in [0.25, 0.3) is 5.69 Å². The highest BCUT2D eigenvalue weighted by molar-refractivity contribution is 6.35. The summed E-state index contributed by atoms with van der Waals surface area (Å²) in [7, 11) is 0. The average molecular weight is 269 g/mol. The Morgan fingerprint density at radius 2 is 2.11 bits per heavy atom. The fraction of sp³-hybridized carbons (Fsp3) is 0.538. The lowest BCUT2D eigenvalue weighted by Crippen LogP contribution is -2.30. The second-order valence-electron chi connectivity index (χ2n) is 4.91. The number of rotatable bonds is 3.